The summed E-state index contributed by atoms with van der Waals surface area (Å²) in [5, 5.41) is 1.06. The summed E-state index contributed by atoms with van der Waals surface area (Å²) in [5.41, 5.74) is 3.49. The maximum Gasteiger partial charge on any atom is 0.137 e. The van der Waals surface area contributed by atoms with Crippen LogP contribution >= 0.6 is 12.2 Å². The number of H-pyrrole nitrogens is 1. The van der Waals surface area contributed by atoms with Gasteiger partial charge in [-0.25, -0.2) is 4.98 Å². The molecule has 0 spiro atoms. The summed E-state index contributed by atoms with van der Waals surface area (Å²) in [6.45, 7) is 4.13. The summed E-state index contributed by atoms with van der Waals surface area (Å²) in [6, 6.07) is 4.20. The summed E-state index contributed by atoms with van der Waals surface area (Å²) in [7, 11) is 0. The summed E-state index contributed by atoms with van der Waals surface area (Å²) < 4.78 is 0.672. The molecule has 0 aliphatic heterocycles. The van der Waals surface area contributed by atoms with E-state index in [-0.39, 0.29) is 0 Å². The Labute approximate surface area is 81.6 Å². The zero-order chi connectivity index (χ0) is 9.42. The van der Waals surface area contributed by atoms with Crippen molar-refractivity contribution in [2.75, 3.05) is 0 Å². The Morgan fingerprint density at radius 3 is 2.85 bits per heavy atom. The van der Waals surface area contributed by atoms with Crippen LogP contribution in [0.1, 0.15) is 11.1 Å². The van der Waals surface area contributed by atoms with Crippen LogP contribution in [-0.4, -0.2) is 9.97 Å². The van der Waals surface area contributed by atoms with E-state index in [4.69, 9.17) is 12.2 Å². The molecule has 13 heavy (non-hydrogen) atoms. The Bertz CT molecular complexity index is 514. The molecule has 0 fully saturated rings. The highest BCUT2D eigenvalue weighted by Gasteiger charge is 2.00. The quantitative estimate of drug-likeness (QED) is 0.647. The van der Waals surface area contributed by atoms with Gasteiger partial charge in [0.05, 0.1) is 11.8 Å². The highest BCUT2D eigenvalue weighted by Crippen LogP contribution is 2.18. The van der Waals surface area contributed by atoms with Gasteiger partial charge in [-0.05, 0) is 31.0 Å². The van der Waals surface area contributed by atoms with Gasteiger partial charge in [0, 0.05) is 5.39 Å². The Morgan fingerprint density at radius 2 is 2.08 bits per heavy atom. The van der Waals surface area contributed by atoms with Crippen LogP contribution in [0.5, 0.6) is 0 Å². The van der Waals surface area contributed by atoms with Gasteiger partial charge in [0.15, 0.2) is 0 Å². The average molecular weight is 190 g/mol. The van der Waals surface area contributed by atoms with E-state index in [0.717, 1.165) is 10.9 Å². The molecule has 2 nitrogen and oxygen atoms in total. The minimum absolute atomic E-state index is 0.672. The number of hydrogen-bond acceptors (Lipinski definition) is 2. The molecule has 2 aromatic rings. The third kappa shape index (κ3) is 1.35. The second-order valence-electron chi connectivity index (χ2n) is 3.21. The minimum Gasteiger partial charge on any atom is -0.346 e. The van der Waals surface area contributed by atoms with E-state index in [1.54, 1.807) is 6.33 Å². The standard InChI is InChI=1S/C10H10N2S/c1-6-3-7(2)9-8(4-6)11-5-12-10(9)13/h3-5H,1-2H3,(H,11,12,13). The molecule has 1 aromatic heterocycles. The Hall–Kier alpha value is -1.22. The molecule has 0 radical (unpaired) electrons. The lowest BCUT2D eigenvalue weighted by Gasteiger charge is -2.02. The Balaban J connectivity index is 3.03. The summed E-state index contributed by atoms with van der Waals surface area (Å²) in [6.07, 6.45) is 1.64. The monoisotopic (exact) mass is 190 g/mol. The zero-order valence-corrected chi connectivity index (χ0v) is 8.40. The number of fused-ring (bicyclic) bond motifs is 1. The molecule has 66 valence electrons. The number of rotatable bonds is 0. The number of nitrogens with one attached hydrogen (secondary N) is 1. The van der Waals surface area contributed by atoms with Crippen LogP contribution in [0.4, 0.5) is 0 Å². The van der Waals surface area contributed by atoms with Crippen LogP contribution in [0, 0.1) is 18.5 Å². The van der Waals surface area contributed by atoms with Crippen LogP contribution in [0.2, 0.25) is 0 Å². The van der Waals surface area contributed by atoms with E-state index >= 15 is 0 Å². The molecule has 0 saturated heterocycles. The molecule has 1 N–H and O–H groups in total. The summed E-state index contributed by atoms with van der Waals surface area (Å²) in [5.74, 6) is 0. The Kier molecular flexibility index (Phi) is 1.88. The number of aromatic nitrogens is 2. The zero-order valence-electron chi connectivity index (χ0n) is 7.59. The molecule has 0 bridgehead atoms. The third-order valence-corrected chi connectivity index (χ3v) is 2.41. The molecule has 0 aliphatic rings. The van der Waals surface area contributed by atoms with Crippen molar-refractivity contribution in [1.82, 2.24) is 9.97 Å². The van der Waals surface area contributed by atoms with E-state index in [1.807, 2.05) is 0 Å². The third-order valence-electron chi connectivity index (χ3n) is 2.10. The minimum atomic E-state index is 0.672. The molecule has 0 amide bonds. The molecule has 1 heterocycles. The molecular weight excluding hydrogens is 180 g/mol. The van der Waals surface area contributed by atoms with Gasteiger partial charge in [-0.1, -0.05) is 18.3 Å². The summed E-state index contributed by atoms with van der Waals surface area (Å²) in [4.78, 5) is 7.15. The van der Waals surface area contributed by atoms with Crippen LogP contribution in [-0.2, 0) is 0 Å². The van der Waals surface area contributed by atoms with Gasteiger partial charge in [-0.2, -0.15) is 0 Å². The van der Waals surface area contributed by atoms with Crippen molar-refractivity contribution in [1.29, 1.82) is 0 Å². The first-order chi connectivity index (χ1) is 6.18. The smallest absolute Gasteiger partial charge is 0.137 e. The van der Waals surface area contributed by atoms with Crippen molar-refractivity contribution < 1.29 is 0 Å². The van der Waals surface area contributed by atoms with E-state index in [2.05, 4.69) is 35.9 Å². The van der Waals surface area contributed by atoms with Gasteiger partial charge < -0.3 is 4.98 Å². The molecule has 0 saturated carbocycles. The topological polar surface area (TPSA) is 28.7 Å². The van der Waals surface area contributed by atoms with Crippen LogP contribution in [0.3, 0.4) is 0 Å². The fourth-order valence-corrected chi connectivity index (χ4v) is 1.91. The fourth-order valence-electron chi connectivity index (χ4n) is 1.59. The normalized spacial score (nSPS) is 10.6. The molecule has 0 aliphatic carbocycles. The lowest BCUT2D eigenvalue weighted by Crippen LogP contribution is -1.87. The van der Waals surface area contributed by atoms with E-state index < -0.39 is 0 Å². The molecule has 2 rings (SSSR count). The molecule has 3 heteroatoms. The number of aromatic amines is 1. The number of hydrogen-bond donors (Lipinski definition) is 1. The average Bonchev–Trinajstić information content (AvgIpc) is 2.02. The first-order valence-corrected chi connectivity index (χ1v) is 4.54. The van der Waals surface area contributed by atoms with E-state index in [9.17, 15) is 0 Å². The molecule has 0 unspecified atom stereocenters. The van der Waals surface area contributed by atoms with Crippen molar-refractivity contribution in [2.45, 2.75) is 13.8 Å². The van der Waals surface area contributed by atoms with Crippen LogP contribution < -0.4 is 0 Å². The SMILES string of the molecule is Cc1cc(C)c2c(=S)nc[nH]c2c1. The van der Waals surface area contributed by atoms with Crippen molar-refractivity contribution >= 4 is 23.1 Å². The van der Waals surface area contributed by atoms with Gasteiger partial charge in [0.25, 0.3) is 0 Å². The second kappa shape index (κ2) is 2.92. The van der Waals surface area contributed by atoms with Crippen molar-refractivity contribution in [3.63, 3.8) is 0 Å². The number of benzene rings is 1. The lowest BCUT2D eigenvalue weighted by molar-refractivity contribution is 1.19. The van der Waals surface area contributed by atoms with E-state index in [0.29, 0.717) is 4.64 Å². The van der Waals surface area contributed by atoms with Gasteiger partial charge in [-0.15, -0.1) is 0 Å². The Morgan fingerprint density at radius 1 is 1.31 bits per heavy atom. The van der Waals surface area contributed by atoms with Crippen molar-refractivity contribution in [2.24, 2.45) is 0 Å². The molecule has 0 atom stereocenters. The van der Waals surface area contributed by atoms with Crippen LogP contribution in [0.25, 0.3) is 10.9 Å². The molecule has 1 aromatic carbocycles. The largest absolute Gasteiger partial charge is 0.346 e. The maximum atomic E-state index is 5.15. The predicted molar refractivity (Wildman–Crippen MR) is 56.4 cm³/mol. The highest BCUT2D eigenvalue weighted by atomic mass is 32.1. The van der Waals surface area contributed by atoms with Gasteiger partial charge in [0.2, 0.25) is 0 Å². The van der Waals surface area contributed by atoms with E-state index in [1.165, 1.54) is 11.1 Å². The first kappa shape index (κ1) is 8.38. The maximum absolute atomic E-state index is 5.15. The summed E-state index contributed by atoms with van der Waals surface area (Å²) >= 11 is 5.15. The number of nitrogens with zero attached hydrogens (tertiary/aromatic N) is 1. The second-order valence-corrected chi connectivity index (χ2v) is 3.60. The first-order valence-electron chi connectivity index (χ1n) is 4.13. The fraction of sp³-hybridized carbons (Fsp3) is 0.200. The van der Waals surface area contributed by atoms with Crippen LogP contribution in [0.15, 0.2) is 18.5 Å². The van der Waals surface area contributed by atoms with Crippen molar-refractivity contribution in [3.05, 3.63) is 34.2 Å². The predicted octanol–water partition coefficient (Wildman–Crippen LogP) is 2.91. The van der Waals surface area contributed by atoms with Gasteiger partial charge in [-0.3, -0.25) is 0 Å². The lowest BCUT2D eigenvalue weighted by atomic mass is 10.1. The van der Waals surface area contributed by atoms with Crippen molar-refractivity contribution in [3.8, 4) is 0 Å². The van der Waals surface area contributed by atoms with Gasteiger partial charge in [0.1, 0.15) is 4.64 Å². The highest BCUT2D eigenvalue weighted by molar-refractivity contribution is 7.71. The number of aryl methyl sites for hydroxylation is 2. The molecular formula is C10H10N2S. The van der Waals surface area contributed by atoms with Gasteiger partial charge >= 0.3 is 0 Å².